The molecule has 1 aliphatic rings. The predicted molar refractivity (Wildman–Crippen MR) is 135 cm³/mol. The molecule has 1 heterocycles. The first-order valence-electron chi connectivity index (χ1n) is 10.7. The van der Waals surface area contributed by atoms with Gasteiger partial charge >= 0.3 is 12.1 Å². The Morgan fingerprint density at radius 3 is 2.33 bits per heavy atom. The number of carbonyl (C=O) groups excluding carboxylic acids is 2. The number of halogens is 3. The molecule has 1 aromatic rings. The molecular formula is C23H32Cl3NO5Si. The quantitative estimate of drug-likeness (QED) is 0.218. The number of ether oxygens (including phenoxy) is 2. The van der Waals surface area contributed by atoms with E-state index >= 15 is 0 Å². The normalized spacial score (nSPS) is 16.5. The molecule has 184 valence electrons. The number of alkyl halides is 3. The molecule has 1 atom stereocenters. The van der Waals surface area contributed by atoms with Crippen LogP contribution >= 0.6 is 34.8 Å². The molecule has 0 saturated carbocycles. The summed E-state index contributed by atoms with van der Waals surface area (Å²) in [7, 11) is -2.22. The average molecular weight is 537 g/mol. The van der Waals surface area contributed by atoms with E-state index in [1.54, 1.807) is 26.1 Å². The van der Waals surface area contributed by atoms with Crippen LogP contribution in [0.2, 0.25) is 18.1 Å². The van der Waals surface area contributed by atoms with Crippen LogP contribution in [0.15, 0.2) is 24.4 Å². The maximum atomic E-state index is 12.9. The maximum absolute atomic E-state index is 12.9. The smallest absolute Gasteiger partial charge is 0.414 e. The predicted octanol–water partition coefficient (Wildman–Crippen LogP) is 7.25. The van der Waals surface area contributed by atoms with Crippen molar-refractivity contribution in [3.63, 3.8) is 0 Å². The van der Waals surface area contributed by atoms with Crippen molar-refractivity contribution in [3.8, 4) is 5.75 Å². The molecule has 6 nitrogen and oxygen atoms in total. The monoisotopic (exact) mass is 535 g/mol. The van der Waals surface area contributed by atoms with Gasteiger partial charge in [0, 0.05) is 11.8 Å². The molecule has 0 saturated heterocycles. The summed E-state index contributed by atoms with van der Waals surface area (Å²) in [5, 5.41) is -0.0463. The Kier molecular flexibility index (Phi) is 8.82. The lowest BCUT2D eigenvalue weighted by molar-refractivity contribution is -0.148. The molecule has 0 aliphatic carbocycles. The van der Waals surface area contributed by atoms with Crippen LogP contribution in [0.1, 0.15) is 58.2 Å². The van der Waals surface area contributed by atoms with Crippen LogP contribution in [0.3, 0.4) is 0 Å². The van der Waals surface area contributed by atoms with Gasteiger partial charge in [0.1, 0.15) is 12.4 Å². The third kappa shape index (κ3) is 7.54. The van der Waals surface area contributed by atoms with E-state index in [0.29, 0.717) is 5.75 Å². The van der Waals surface area contributed by atoms with Crippen LogP contribution in [0.4, 0.5) is 4.79 Å². The zero-order chi connectivity index (χ0) is 25.2. The van der Waals surface area contributed by atoms with Crippen molar-refractivity contribution in [2.75, 3.05) is 6.61 Å². The van der Waals surface area contributed by atoms with Gasteiger partial charge < -0.3 is 13.9 Å². The van der Waals surface area contributed by atoms with Crippen LogP contribution in [-0.2, 0) is 14.3 Å². The maximum Gasteiger partial charge on any atom is 0.414 e. The van der Waals surface area contributed by atoms with Gasteiger partial charge in [-0.2, -0.15) is 0 Å². The molecule has 10 heteroatoms. The van der Waals surface area contributed by atoms with Gasteiger partial charge in [0.2, 0.25) is 12.1 Å². The van der Waals surface area contributed by atoms with E-state index in [1.165, 1.54) is 4.90 Å². The summed E-state index contributed by atoms with van der Waals surface area (Å²) in [4.78, 5) is 26.9. The number of fused-ring (bicyclic) bond motifs is 1. The molecule has 0 spiro atoms. The SMILES string of the molecule is CC(C)OC(=O)C[C@@H]1c2c(cccc2O[Si](C)(C)C(C)(C)C)C=CN1C(=O)OCC(Cl)(Cl)Cl. The van der Waals surface area contributed by atoms with Gasteiger partial charge in [0.25, 0.3) is 0 Å². The number of esters is 1. The highest BCUT2D eigenvalue weighted by molar-refractivity contribution is 6.74. The number of hydrogen-bond acceptors (Lipinski definition) is 5. The van der Waals surface area contributed by atoms with E-state index in [1.807, 2.05) is 18.2 Å². The zero-order valence-electron chi connectivity index (χ0n) is 20.1. The molecule has 2 rings (SSSR count). The van der Waals surface area contributed by atoms with Gasteiger partial charge in [0.05, 0.1) is 18.6 Å². The summed E-state index contributed by atoms with van der Waals surface area (Å²) in [6.45, 7) is 13.8. The third-order valence-corrected chi connectivity index (χ3v) is 10.3. The molecule has 0 unspecified atom stereocenters. The van der Waals surface area contributed by atoms with Crippen molar-refractivity contribution in [2.24, 2.45) is 0 Å². The fraction of sp³-hybridized carbons (Fsp3) is 0.565. The molecule has 33 heavy (non-hydrogen) atoms. The van der Waals surface area contributed by atoms with E-state index < -0.39 is 36.8 Å². The molecular weight excluding hydrogens is 505 g/mol. The second kappa shape index (κ2) is 10.5. The fourth-order valence-corrected chi connectivity index (χ4v) is 4.26. The third-order valence-electron chi connectivity index (χ3n) is 5.65. The summed E-state index contributed by atoms with van der Waals surface area (Å²) < 4.78 is 15.4. The highest BCUT2D eigenvalue weighted by Crippen LogP contribution is 2.44. The largest absolute Gasteiger partial charge is 0.543 e. The highest BCUT2D eigenvalue weighted by Gasteiger charge is 2.41. The first kappa shape index (κ1) is 27.8. The Morgan fingerprint density at radius 1 is 1.15 bits per heavy atom. The zero-order valence-corrected chi connectivity index (χ0v) is 23.3. The first-order chi connectivity index (χ1) is 15.0. The van der Waals surface area contributed by atoms with Crippen molar-refractivity contribution in [1.82, 2.24) is 4.90 Å². The number of rotatable bonds is 6. The van der Waals surface area contributed by atoms with E-state index in [4.69, 9.17) is 48.7 Å². The lowest BCUT2D eigenvalue weighted by Gasteiger charge is -2.39. The number of amides is 1. The standard InChI is InChI=1S/C23H32Cl3NO5Si/c1-15(2)31-19(28)13-17-20-16(11-12-27(17)21(29)30-14-23(24,25)26)9-8-10-18(20)32-33(6,7)22(3,4)5/h8-12,15,17H,13-14H2,1-7H3/t17-/m1/s1. The minimum absolute atomic E-state index is 0.0463. The van der Waals surface area contributed by atoms with Crippen LogP contribution in [-0.4, -0.2) is 41.8 Å². The van der Waals surface area contributed by atoms with Gasteiger partial charge in [-0.05, 0) is 49.7 Å². The van der Waals surface area contributed by atoms with Crippen LogP contribution in [0.5, 0.6) is 5.75 Å². The molecule has 1 amide bonds. The van der Waals surface area contributed by atoms with Gasteiger partial charge in [0.15, 0.2) is 0 Å². The van der Waals surface area contributed by atoms with Crippen molar-refractivity contribution in [1.29, 1.82) is 0 Å². The average Bonchev–Trinajstić information content (AvgIpc) is 2.64. The van der Waals surface area contributed by atoms with E-state index in [9.17, 15) is 9.59 Å². The summed E-state index contributed by atoms with van der Waals surface area (Å²) in [5.74, 6) is 0.183. The lowest BCUT2D eigenvalue weighted by Crippen LogP contribution is -2.44. The van der Waals surface area contributed by atoms with Crippen LogP contribution in [0, 0.1) is 0 Å². The topological polar surface area (TPSA) is 65.1 Å². The summed E-state index contributed by atoms with van der Waals surface area (Å²) in [5.41, 5.74) is 1.57. The minimum Gasteiger partial charge on any atom is -0.543 e. The molecule has 0 N–H and O–H groups in total. The lowest BCUT2D eigenvalue weighted by atomic mass is 9.93. The molecule has 0 radical (unpaired) electrons. The molecule has 0 fully saturated rings. The van der Waals surface area contributed by atoms with Crippen molar-refractivity contribution >= 4 is 61.3 Å². The van der Waals surface area contributed by atoms with Crippen LogP contribution < -0.4 is 4.43 Å². The Hall–Kier alpha value is -1.41. The molecule has 0 bridgehead atoms. The first-order valence-corrected chi connectivity index (χ1v) is 14.8. The number of hydrogen-bond donors (Lipinski definition) is 0. The van der Waals surface area contributed by atoms with Gasteiger partial charge in [-0.1, -0.05) is 67.7 Å². The Morgan fingerprint density at radius 2 is 1.79 bits per heavy atom. The second-order valence-electron chi connectivity index (χ2n) is 9.77. The molecule has 1 aliphatic heterocycles. The summed E-state index contributed by atoms with van der Waals surface area (Å²) in [6.07, 6.45) is 2.21. The van der Waals surface area contributed by atoms with Gasteiger partial charge in [-0.25, -0.2) is 4.79 Å². The Bertz CT molecular complexity index is 906. The Balaban J connectivity index is 2.49. The Labute approximate surface area is 212 Å². The molecule has 1 aromatic carbocycles. The van der Waals surface area contributed by atoms with E-state index in [2.05, 4.69) is 33.9 Å². The van der Waals surface area contributed by atoms with Crippen molar-refractivity contribution in [2.45, 2.75) is 75.1 Å². The van der Waals surface area contributed by atoms with E-state index in [0.717, 1.165) is 11.1 Å². The summed E-state index contributed by atoms with van der Waals surface area (Å²) >= 11 is 17.2. The minimum atomic E-state index is -2.22. The second-order valence-corrected chi connectivity index (χ2v) is 17.0. The number of benzene rings is 1. The van der Waals surface area contributed by atoms with Gasteiger partial charge in [-0.3, -0.25) is 9.69 Å². The van der Waals surface area contributed by atoms with Crippen molar-refractivity contribution in [3.05, 3.63) is 35.5 Å². The number of nitrogens with zero attached hydrogens (tertiary/aromatic N) is 1. The highest BCUT2D eigenvalue weighted by atomic mass is 35.6. The van der Waals surface area contributed by atoms with E-state index in [-0.39, 0.29) is 17.6 Å². The molecule has 0 aromatic heterocycles. The van der Waals surface area contributed by atoms with Crippen LogP contribution in [0.25, 0.3) is 6.08 Å². The van der Waals surface area contributed by atoms with Gasteiger partial charge in [-0.15, -0.1) is 0 Å². The summed E-state index contributed by atoms with van der Waals surface area (Å²) in [6, 6.07) is 4.96. The fourth-order valence-electron chi connectivity index (χ4n) is 3.06. The van der Waals surface area contributed by atoms with Crippen molar-refractivity contribution < 1.29 is 23.5 Å². The number of carbonyl (C=O) groups is 2.